The number of hydrogen-bond donors (Lipinski definition) is 2. The van der Waals surface area contributed by atoms with Crippen molar-refractivity contribution in [1.29, 1.82) is 0 Å². The van der Waals surface area contributed by atoms with Gasteiger partial charge >= 0.3 is 0 Å². The minimum absolute atomic E-state index is 0.131. The molecule has 0 spiro atoms. The van der Waals surface area contributed by atoms with Crippen LogP contribution >= 0.6 is 27.3 Å². The Kier molecular flexibility index (Phi) is 4.57. The highest BCUT2D eigenvalue weighted by molar-refractivity contribution is 9.11. The third-order valence-electron chi connectivity index (χ3n) is 2.75. The molecule has 4 nitrogen and oxygen atoms in total. The van der Waals surface area contributed by atoms with Gasteiger partial charge in [-0.05, 0) is 52.2 Å². The average molecular weight is 353 g/mol. The van der Waals surface area contributed by atoms with Gasteiger partial charge in [-0.1, -0.05) is 12.1 Å². The van der Waals surface area contributed by atoms with Gasteiger partial charge in [-0.3, -0.25) is 9.59 Å². The third-order valence-corrected chi connectivity index (χ3v) is 4.88. The van der Waals surface area contributed by atoms with Crippen molar-refractivity contribution in [3.63, 3.8) is 0 Å². The minimum atomic E-state index is -0.476. The molecule has 0 aliphatic carbocycles. The molecule has 3 N–H and O–H groups in total. The molecule has 2 amide bonds. The van der Waals surface area contributed by atoms with E-state index in [0.717, 1.165) is 14.9 Å². The van der Waals surface area contributed by atoms with Gasteiger partial charge in [0.1, 0.15) is 0 Å². The summed E-state index contributed by atoms with van der Waals surface area (Å²) < 4.78 is 0.957. The normalized spacial score (nSPS) is 10.3. The summed E-state index contributed by atoms with van der Waals surface area (Å²) >= 11 is 4.79. The molecule has 20 heavy (non-hydrogen) atoms. The van der Waals surface area contributed by atoms with Crippen molar-refractivity contribution < 1.29 is 9.59 Å². The zero-order valence-electron chi connectivity index (χ0n) is 10.8. The Balaban J connectivity index is 2.03. The Labute approximate surface area is 129 Å². The molecular formula is C14H13BrN2O2S. The molecule has 0 atom stereocenters. The molecule has 1 aromatic carbocycles. The van der Waals surface area contributed by atoms with E-state index < -0.39 is 5.91 Å². The van der Waals surface area contributed by atoms with Crippen LogP contribution < -0.4 is 11.1 Å². The number of amides is 2. The summed E-state index contributed by atoms with van der Waals surface area (Å²) in [6.07, 6.45) is 0. The standard InChI is InChI=1S/C14H13BrN2O2S/c1-8-5-11(20-12(8)15)14(19)17-7-9-3-2-4-10(6-9)13(16)18/h2-6H,7H2,1H3,(H2,16,18)(H,17,19). The lowest BCUT2D eigenvalue weighted by molar-refractivity contribution is 0.0954. The van der Waals surface area contributed by atoms with E-state index >= 15 is 0 Å². The third kappa shape index (κ3) is 3.46. The summed E-state index contributed by atoms with van der Waals surface area (Å²) in [6.45, 7) is 2.29. The predicted molar refractivity (Wildman–Crippen MR) is 82.9 cm³/mol. The number of aryl methyl sites for hydroxylation is 1. The van der Waals surface area contributed by atoms with Gasteiger partial charge in [0, 0.05) is 12.1 Å². The maximum absolute atomic E-state index is 12.0. The maximum atomic E-state index is 12.0. The Morgan fingerprint density at radius 2 is 2.10 bits per heavy atom. The lowest BCUT2D eigenvalue weighted by Crippen LogP contribution is -2.22. The number of halogens is 1. The van der Waals surface area contributed by atoms with E-state index in [-0.39, 0.29) is 5.91 Å². The molecule has 6 heteroatoms. The lowest BCUT2D eigenvalue weighted by atomic mass is 10.1. The quantitative estimate of drug-likeness (QED) is 0.887. The molecule has 1 aromatic heterocycles. The van der Waals surface area contributed by atoms with Crippen molar-refractivity contribution in [2.24, 2.45) is 5.73 Å². The molecular weight excluding hydrogens is 340 g/mol. The highest BCUT2D eigenvalue weighted by Gasteiger charge is 2.11. The molecule has 0 aliphatic heterocycles. The van der Waals surface area contributed by atoms with Crippen molar-refractivity contribution in [3.05, 3.63) is 55.7 Å². The van der Waals surface area contributed by atoms with Crippen LogP contribution in [0.15, 0.2) is 34.1 Å². The van der Waals surface area contributed by atoms with E-state index in [2.05, 4.69) is 21.2 Å². The zero-order chi connectivity index (χ0) is 14.7. The van der Waals surface area contributed by atoms with Crippen molar-refractivity contribution in [2.45, 2.75) is 13.5 Å². The first-order chi connectivity index (χ1) is 9.47. The van der Waals surface area contributed by atoms with Crippen LogP contribution in [0, 0.1) is 6.92 Å². The highest BCUT2D eigenvalue weighted by Crippen LogP contribution is 2.27. The van der Waals surface area contributed by atoms with E-state index in [1.54, 1.807) is 18.2 Å². The summed E-state index contributed by atoms with van der Waals surface area (Å²) in [6, 6.07) is 8.74. The maximum Gasteiger partial charge on any atom is 0.261 e. The summed E-state index contributed by atoms with van der Waals surface area (Å²) in [7, 11) is 0. The monoisotopic (exact) mass is 352 g/mol. The summed E-state index contributed by atoms with van der Waals surface area (Å²) in [5.74, 6) is -0.607. The molecule has 0 bridgehead atoms. The molecule has 104 valence electrons. The van der Waals surface area contributed by atoms with Crippen LogP contribution in [0.3, 0.4) is 0 Å². The zero-order valence-corrected chi connectivity index (χ0v) is 13.2. The minimum Gasteiger partial charge on any atom is -0.366 e. The number of rotatable bonds is 4. The number of benzene rings is 1. The molecule has 0 unspecified atom stereocenters. The van der Waals surface area contributed by atoms with E-state index in [1.165, 1.54) is 11.3 Å². The van der Waals surface area contributed by atoms with Crippen molar-refractivity contribution in [1.82, 2.24) is 5.32 Å². The lowest BCUT2D eigenvalue weighted by Gasteiger charge is -2.05. The molecule has 0 radical (unpaired) electrons. The van der Waals surface area contributed by atoms with Gasteiger partial charge in [0.05, 0.1) is 8.66 Å². The molecule has 2 aromatic rings. The van der Waals surface area contributed by atoms with Gasteiger partial charge in [0.2, 0.25) is 5.91 Å². The van der Waals surface area contributed by atoms with Gasteiger partial charge in [-0.25, -0.2) is 0 Å². The predicted octanol–water partition coefficient (Wildman–Crippen LogP) is 2.85. The van der Waals surface area contributed by atoms with Crippen LogP contribution in [0.1, 0.15) is 31.2 Å². The van der Waals surface area contributed by atoms with Gasteiger partial charge in [-0.15, -0.1) is 11.3 Å². The largest absolute Gasteiger partial charge is 0.366 e. The fraction of sp³-hybridized carbons (Fsp3) is 0.143. The van der Waals surface area contributed by atoms with Crippen LogP contribution in [-0.4, -0.2) is 11.8 Å². The van der Waals surface area contributed by atoms with Crippen molar-refractivity contribution in [3.8, 4) is 0 Å². The first-order valence-corrected chi connectivity index (χ1v) is 7.51. The molecule has 0 saturated carbocycles. The first kappa shape index (κ1) is 14.7. The van der Waals surface area contributed by atoms with Gasteiger partial charge in [0.25, 0.3) is 5.91 Å². The number of primary amides is 1. The molecule has 0 fully saturated rings. The van der Waals surface area contributed by atoms with Crippen LogP contribution in [0.25, 0.3) is 0 Å². The van der Waals surface area contributed by atoms with Crippen LogP contribution in [0.5, 0.6) is 0 Å². The number of carbonyl (C=O) groups excluding carboxylic acids is 2. The Morgan fingerprint density at radius 3 is 2.70 bits per heavy atom. The van der Waals surface area contributed by atoms with Crippen molar-refractivity contribution in [2.75, 3.05) is 0 Å². The summed E-state index contributed by atoms with van der Waals surface area (Å²) in [4.78, 5) is 23.7. The van der Waals surface area contributed by atoms with E-state index in [0.29, 0.717) is 17.0 Å². The SMILES string of the molecule is Cc1cc(C(=O)NCc2cccc(C(N)=O)c2)sc1Br. The smallest absolute Gasteiger partial charge is 0.261 e. The Bertz CT molecular complexity index is 647. The summed E-state index contributed by atoms with van der Waals surface area (Å²) in [5, 5.41) is 2.82. The second kappa shape index (κ2) is 6.19. The fourth-order valence-electron chi connectivity index (χ4n) is 1.68. The Morgan fingerprint density at radius 1 is 1.35 bits per heavy atom. The first-order valence-electron chi connectivity index (χ1n) is 5.90. The van der Waals surface area contributed by atoms with Crippen LogP contribution in [0.4, 0.5) is 0 Å². The second-order valence-corrected chi connectivity index (χ2v) is 6.68. The summed E-state index contributed by atoms with van der Waals surface area (Å²) in [5.41, 5.74) is 7.53. The van der Waals surface area contributed by atoms with Gasteiger partial charge in [0.15, 0.2) is 0 Å². The number of carbonyl (C=O) groups is 2. The van der Waals surface area contributed by atoms with E-state index in [4.69, 9.17) is 5.73 Å². The average Bonchev–Trinajstić information content (AvgIpc) is 2.76. The number of hydrogen-bond acceptors (Lipinski definition) is 3. The number of nitrogens with one attached hydrogen (secondary N) is 1. The number of thiophene rings is 1. The fourth-order valence-corrected chi connectivity index (χ4v) is 3.13. The number of nitrogens with two attached hydrogens (primary N) is 1. The molecule has 2 rings (SSSR count). The molecule has 1 heterocycles. The Hall–Kier alpha value is -1.66. The van der Waals surface area contributed by atoms with Crippen LogP contribution in [0.2, 0.25) is 0 Å². The van der Waals surface area contributed by atoms with E-state index in [1.807, 2.05) is 19.1 Å². The van der Waals surface area contributed by atoms with Crippen LogP contribution in [-0.2, 0) is 6.54 Å². The highest BCUT2D eigenvalue weighted by atomic mass is 79.9. The van der Waals surface area contributed by atoms with E-state index in [9.17, 15) is 9.59 Å². The topological polar surface area (TPSA) is 72.2 Å². The molecule has 0 aliphatic rings. The molecule has 0 saturated heterocycles. The van der Waals surface area contributed by atoms with Crippen molar-refractivity contribution >= 4 is 39.1 Å². The van der Waals surface area contributed by atoms with Gasteiger partial charge < -0.3 is 11.1 Å². The second-order valence-electron chi connectivity index (χ2n) is 4.31. The van der Waals surface area contributed by atoms with Gasteiger partial charge in [-0.2, -0.15) is 0 Å².